The number of nitrogens with one attached hydrogen (secondary N) is 1. The van der Waals surface area contributed by atoms with Crippen molar-refractivity contribution in [2.45, 2.75) is 34.1 Å². The van der Waals surface area contributed by atoms with E-state index in [2.05, 4.69) is 5.43 Å². The number of allylic oxidation sites excluding steroid dienone is 1. The van der Waals surface area contributed by atoms with E-state index in [9.17, 15) is 9.59 Å². The average Bonchev–Trinajstić information content (AvgIpc) is 2.67. The van der Waals surface area contributed by atoms with Gasteiger partial charge in [-0.25, -0.2) is 5.01 Å². The minimum Gasteiger partial charge on any atom is -0.267 e. The van der Waals surface area contributed by atoms with Gasteiger partial charge in [0.15, 0.2) is 0 Å². The highest BCUT2D eigenvalue weighted by molar-refractivity contribution is 6.29. The maximum atomic E-state index is 12.3. The van der Waals surface area contributed by atoms with E-state index in [1.54, 1.807) is 0 Å². The Labute approximate surface area is 113 Å². The number of hydrogen-bond donors (Lipinski definition) is 1. The zero-order chi connectivity index (χ0) is 14.2. The van der Waals surface area contributed by atoms with Crippen LogP contribution in [-0.2, 0) is 9.59 Å². The van der Waals surface area contributed by atoms with Crippen LogP contribution in [0.2, 0.25) is 0 Å². The molecule has 0 bridgehead atoms. The van der Waals surface area contributed by atoms with Gasteiger partial charge in [0.25, 0.3) is 11.8 Å². The maximum absolute atomic E-state index is 12.3. The van der Waals surface area contributed by atoms with Gasteiger partial charge in [-0.15, -0.1) is 0 Å². The molecule has 1 aromatic rings. The molecule has 0 atom stereocenters. The van der Waals surface area contributed by atoms with E-state index < -0.39 is 0 Å². The molecule has 2 amide bonds. The first-order valence-corrected chi connectivity index (χ1v) is 6.38. The molecule has 0 saturated carbocycles. The molecule has 4 heteroatoms. The molecule has 4 nitrogen and oxygen atoms in total. The summed E-state index contributed by atoms with van der Waals surface area (Å²) in [5.41, 5.74) is 6.63. The van der Waals surface area contributed by atoms with Crippen LogP contribution in [0.15, 0.2) is 29.3 Å². The van der Waals surface area contributed by atoms with E-state index in [0.717, 1.165) is 16.7 Å². The molecule has 100 valence electrons. The number of carbonyl (C=O) groups excluding carboxylic acids is 2. The van der Waals surface area contributed by atoms with Crippen molar-refractivity contribution in [1.82, 2.24) is 5.43 Å². The molecule has 0 aliphatic carbocycles. The second-order valence-electron chi connectivity index (χ2n) is 4.86. The van der Waals surface area contributed by atoms with Crippen molar-refractivity contribution in [3.05, 3.63) is 40.5 Å². The molecule has 0 unspecified atom stereocenters. The molecule has 0 spiro atoms. The summed E-state index contributed by atoms with van der Waals surface area (Å²) in [6.45, 7) is 7.74. The Hall–Kier alpha value is -2.10. The second kappa shape index (κ2) is 4.88. The Bertz CT molecular complexity index is 588. The number of amides is 2. The van der Waals surface area contributed by atoms with Gasteiger partial charge in [0.1, 0.15) is 5.57 Å². The maximum Gasteiger partial charge on any atom is 0.282 e. The van der Waals surface area contributed by atoms with E-state index in [1.165, 1.54) is 5.01 Å². The Kier molecular flexibility index (Phi) is 3.42. The normalized spacial score (nSPS) is 17.8. The van der Waals surface area contributed by atoms with Crippen molar-refractivity contribution in [2.24, 2.45) is 0 Å². The van der Waals surface area contributed by atoms with Crippen molar-refractivity contribution >= 4 is 17.5 Å². The fraction of sp³-hybridized carbons (Fsp3) is 0.333. The van der Waals surface area contributed by atoms with Gasteiger partial charge in [-0.05, 0) is 50.5 Å². The lowest BCUT2D eigenvalue weighted by Gasteiger charge is -2.16. The van der Waals surface area contributed by atoms with E-state index in [4.69, 9.17) is 0 Å². The fourth-order valence-electron chi connectivity index (χ4n) is 2.02. The highest BCUT2D eigenvalue weighted by atomic mass is 16.2. The van der Waals surface area contributed by atoms with E-state index >= 15 is 0 Å². The summed E-state index contributed by atoms with van der Waals surface area (Å²) < 4.78 is 0. The number of anilines is 1. The quantitative estimate of drug-likeness (QED) is 0.654. The average molecular weight is 258 g/mol. The van der Waals surface area contributed by atoms with E-state index in [0.29, 0.717) is 12.1 Å². The monoisotopic (exact) mass is 258 g/mol. The molecule has 1 N–H and O–H groups in total. The largest absolute Gasteiger partial charge is 0.282 e. The summed E-state index contributed by atoms with van der Waals surface area (Å²) in [5, 5.41) is 1.32. The van der Waals surface area contributed by atoms with Crippen molar-refractivity contribution in [1.29, 1.82) is 0 Å². The third kappa shape index (κ3) is 2.26. The minimum atomic E-state index is -0.317. The fourth-order valence-corrected chi connectivity index (χ4v) is 2.02. The number of hydrazine groups is 1. The van der Waals surface area contributed by atoms with Crippen LogP contribution in [0.25, 0.3) is 0 Å². The van der Waals surface area contributed by atoms with Crippen LogP contribution >= 0.6 is 0 Å². The molecule has 0 radical (unpaired) electrons. The number of rotatable bonds is 2. The van der Waals surface area contributed by atoms with Gasteiger partial charge >= 0.3 is 0 Å². The smallest absolute Gasteiger partial charge is 0.267 e. The first-order valence-electron chi connectivity index (χ1n) is 6.38. The van der Waals surface area contributed by atoms with Crippen LogP contribution in [0.3, 0.4) is 0 Å². The number of carbonyl (C=O) groups is 2. The van der Waals surface area contributed by atoms with E-state index in [-0.39, 0.29) is 17.4 Å². The van der Waals surface area contributed by atoms with Crippen LogP contribution in [0.4, 0.5) is 5.69 Å². The van der Waals surface area contributed by atoms with Crippen LogP contribution in [0.1, 0.15) is 31.4 Å². The van der Waals surface area contributed by atoms with Crippen molar-refractivity contribution in [3.8, 4) is 0 Å². The first-order chi connectivity index (χ1) is 8.95. The highest BCUT2D eigenvalue weighted by Crippen LogP contribution is 2.24. The van der Waals surface area contributed by atoms with Crippen molar-refractivity contribution in [3.63, 3.8) is 0 Å². The molecule has 19 heavy (non-hydrogen) atoms. The van der Waals surface area contributed by atoms with Gasteiger partial charge in [0, 0.05) is 0 Å². The number of nitrogens with zero attached hydrogens (tertiary/aromatic N) is 1. The predicted octanol–water partition coefficient (Wildman–Crippen LogP) is 2.41. The molecule has 2 rings (SSSR count). The molecule has 1 aliphatic heterocycles. The van der Waals surface area contributed by atoms with Gasteiger partial charge in [0.05, 0.1) is 5.69 Å². The molecule has 0 aromatic heterocycles. The number of benzene rings is 1. The Morgan fingerprint density at radius 1 is 1.21 bits per heavy atom. The molecule has 1 heterocycles. The Morgan fingerprint density at radius 3 is 2.47 bits per heavy atom. The third-order valence-corrected chi connectivity index (χ3v) is 3.56. The third-order valence-electron chi connectivity index (χ3n) is 3.56. The van der Waals surface area contributed by atoms with Crippen molar-refractivity contribution < 1.29 is 9.59 Å². The van der Waals surface area contributed by atoms with Gasteiger partial charge in [0.2, 0.25) is 0 Å². The number of aryl methyl sites for hydroxylation is 2. The van der Waals surface area contributed by atoms with Gasteiger partial charge < -0.3 is 0 Å². The van der Waals surface area contributed by atoms with Crippen LogP contribution in [0.5, 0.6) is 0 Å². The zero-order valence-electron chi connectivity index (χ0n) is 11.7. The summed E-state index contributed by atoms with van der Waals surface area (Å²) in [5.74, 6) is -0.588. The lowest BCUT2D eigenvalue weighted by molar-refractivity contribution is -0.117. The molecular formula is C15H18N2O2. The topological polar surface area (TPSA) is 49.4 Å². The summed E-state index contributed by atoms with van der Waals surface area (Å²) >= 11 is 0. The van der Waals surface area contributed by atoms with Crippen LogP contribution in [0, 0.1) is 13.8 Å². The summed E-state index contributed by atoms with van der Waals surface area (Å²) in [6.07, 6.45) is 0.690. The lowest BCUT2D eigenvalue weighted by atomic mass is 10.1. The van der Waals surface area contributed by atoms with E-state index in [1.807, 2.05) is 45.9 Å². The number of hydrogen-bond acceptors (Lipinski definition) is 2. The van der Waals surface area contributed by atoms with Crippen LogP contribution in [-0.4, -0.2) is 11.8 Å². The summed E-state index contributed by atoms with van der Waals surface area (Å²) in [7, 11) is 0. The SMILES string of the molecule is CCC(C)=C1C(=O)NN(c2ccc(C)c(C)c2)C1=O. The van der Waals surface area contributed by atoms with Crippen molar-refractivity contribution in [2.75, 3.05) is 5.01 Å². The predicted molar refractivity (Wildman–Crippen MR) is 74.5 cm³/mol. The van der Waals surface area contributed by atoms with Gasteiger partial charge in [-0.2, -0.15) is 0 Å². The minimum absolute atomic E-state index is 0.265. The molecule has 1 saturated heterocycles. The summed E-state index contributed by atoms with van der Waals surface area (Å²) in [4.78, 5) is 24.2. The lowest BCUT2D eigenvalue weighted by Crippen LogP contribution is -2.35. The summed E-state index contributed by atoms with van der Waals surface area (Å²) in [6, 6.07) is 5.68. The molecule has 1 fully saturated rings. The van der Waals surface area contributed by atoms with Gasteiger partial charge in [-0.1, -0.05) is 18.6 Å². The first kappa shape index (κ1) is 13.3. The Morgan fingerprint density at radius 2 is 1.89 bits per heavy atom. The standard InChI is InChI=1S/C15H18N2O2/c1-5-9(2)13-14(18)16-17(15(13)19)12-7-6-10(3)11(4)8-12/h6-8H,5H2,1-4H3,(H,16,18). The molecular weight excluding hydrogens is 240 g/mol. The second-order valence-corrected chi connectivity index (χ2v) is 4.86. The van der Waals surface area contributed by atoms with Gasteiger partial charge in [-0.3, -0.25) is 15.0 Å². The molecule has 1 aromatic carbocycles. The Balaban J connectivity index is 2.41. The molecule has 1 aliphatic rings. The highest BCUT2D eigenvalue weighted by Gasteiger charge is 2.35. The zero-order valence-corrected chi connectivity index (χ0v) is 11.7. The van der Waals surface area contributed by atoms with Crippen LogP contribution < -0.4 is 10.4 Å².